The molecule has 0 aliphatic carbocycles. The second kappa shape index (κ2) is 5.39. The van der Waals surface area contributed by atoms with Gasteiger partial charge in [-0.2, -0.15) is 0 Å². The molecule has 1 heterocycles. The average Bonchev–Trinajstić information content (AvgIpc) is 2.46. The number of fused-ring (bicyclic) bond motifs is 1. The lowest BCUT2D eigenvalue weighted by atomic mass is 10.0. The molecular formula is C15H9Cl2NO3. The van der Waals surface area contributed by atoms with Crippen LogP contribution >= 0.6 is 23.2 Å². The molecule has 6 heteroatoms. The number of nitro groups is 1. The predicted molar refractivity (Wildman–Crippen MR) is 81.2 cm³/mol. The minimum Gasteiger partial charge on any atom is -0.474 e. The van der Waals surface area contributed by atoms with Gasteiger partial charge in [0.25, 0.3) is 5.70 Å². The van der Waals surface area contributed by atoms with Crippen molar-refractivity contribution in [1.29, 1.82) is 0 Å². The highest BCUT2D eigenvalue weighted by Gasteiger charge is 2.34. The summed E-state index contributed by atoms with van der Waals surface area (Å²) in [5.41, 5.74) is 1.13. The van der Waals surface area contributed by atoms with E-state index in [-0.39, 0.29) is 5.70 Å². The van der Waals surface area contributed by atoms with E-state index in [1.54, 1.807) is 36.4 Å². The summed E-state index contributed by atoms with van der Waals surface area (Å²) in [4.78, 5) is 10.9. The quantitative estimate of drug-likeness (QED) is 0.592. The molecule has 0 saturated carbocycles. The highest BCUT2D eigenvalue weighted by Crippen LogP contribution is 2.40. The maximum Gasteiger partial charge on any atom is 0.291 e. The number of para-hydroxylation sites is 1. The van der Waals surface area contributed by atoms with Crippen molar-refractivity contribution in [3.8, 4) is 5.75 Å². The molecule has 1 atom stereocenters. The summed E-state index contributed by atoms with van der Waals surface area (Å²) in [6.07, 6.45) is 0.647. The van der Waals surface area contributed by atoms with E-state index in [9.17, 15) is 10.1 Å². The second-order valence-corrected chi connectivity index (χ2v) is 5.37. The summed E-state index contributed by atoms with van der Waals surface area (Å²) < 4.78 is 5.78. The molecule has 0 radical (unpaired) electrons. The van der Waals surface area contributed by atoms with Crippen molar-refractivity contribution in [3.63, 3.8) is 0 Å². The van der Waals surface area contributed by atoms with Crippen LogP contribution in [0.15, 0.2) is 48.2 Å². The van der Waals surface area contributed by atoms with Crippen LogP contribution in [-0.4, -0.2) is 4.92 Å². The van der Waals surface area contributed by atoms with Crippen molar-refractivity contribution < 1.29 is 9.66 Å². The Hall–Kier alpha value is -2.04. The summed E-state index contributed by atoms with van der Waals surface area (Å²) in [6.45, 7) is 0. The third-order valence-electron chi connectivity index (χ3n) is 3.19. The van der Waals surface area contributed by atoms with Gasteiger partial charge in [-0.1, -0.05) is 47.5 Å². The van der Waals surface area contributed by atoms with Gasteiger partial charge in [-0.3, -0.25) is 10.1 Å². The zero-order valence-electron chi connectivity index (χ0n) is 10.6. The van der Waals surface area contributed by atoms with Crippen LogP contribution < -0.4 is 4.74 Å². The largest absolute Gasteiger partial charge is 0.474 e. The molecule has 3 rings (SSSR count). The fourth-order valence-corrected chi connectivity index (χ4v) is 2.72. The molecule has 106 valence electrons. The van der Waals surface area contributed by atoms with Gasteiger partial charge in [0.1, 0.15) is 5.75 Å². The zero-order chi connectivity index (χ0) is 15.0. The molecule has 0 unspecified atom stereocenters. The standard InChI is InChI=1S/C15H9Cl2NO3/c16-10-5-6-11(12(17)8-10)15-13(18(19)20)7-9-3-1-2-4-14(9)21-15/h1-8,15H/t15-/m1/s1. The Bertz CT molecular complexity index is 758. The number of ether oxygens (including phenoxy) is 1. The van der Waals surface area contributed by atoms with Crippen molar-refractivity contribution in [2.45, 2.75) is 6.10 Å². The number of nitrogens with zero attached hydrogens (tertiary/aromatic N) is 1. The molecule has 0 amide bonds. The van der Waals surface area contributed by atoms with Crippen molar-refractivity contribution in [2.24, 2.45) is 0 Å². The normalized spacial score (nSPS) is 16.7. The molecule has 0 fully saturated rings. The van der Waals surface area contributed by atoms with Crippen LogP contribution in [-0.2, 0) is 0 Å². The summed E-state index contributed by atoms with van der Waals surface area (Å²) in [5, 5.41) is 12.1. The van der Waals surface area contributed by atoms with Crippen LogP contribution in [0.1, 0.15) is 17.2 Å². The molecule has 21 heavy (non-hydrogen) atoms. The summed E-state index contributed by atoms with van der Waals surface area (Å²) in [6, 6.07) is 11.9. The minimum absolute atomic E-state index is 0.0575. The van der Waals surface area contributed by atoms with Crippen LogP contribution in [0, 0.1) is 10.1 Å². The lowest BCUT2D eigenvalue weighted by Gasteiger charge is -2.23. The molecule has 0 spiro atoms. The first kappa shape index (κ1) is 13.9. The summed E-state index contributed by atoms with van der Waals surface area (Å²) >= 11 is 12.0. The fraction of sp³-hybridized carbons (Fsp3) is 0.0667. The molecule has 0 aromatic heterocycles. The Labute approximate surface area is 130 Å². The van der Waals surface area contributed by atoms with Crippen LogP contribution in [0.3, 0.4) is 0 Å². The lowest BCUT2D eigenvalue weighted by Crippen LogP contribution is -2.20. The number of rotatable bonds is 2. The smallest absolute Gasteiger partial charge is 0.291 e. The van der Waals surface area contributed by atoms with E-state index in [0.717, 1.165) is 0 Å². The van der Waals surface area contributed by atoms with E-state index in [1.165, 1.54) is 6.08 Å². The molecule has 2 aromatic carbocycles. The Balaban J connectivity index is 2.12. The molecule has 0 saturated heterocycles. The number of hydrogen-bond acceptors (Lipinski definition) is 3. The maximum atomic E-state index is 11.3. The van der Waals surface area contributed by atoms with Crippen molar-refractivity contribution in [1.82, 2.24) is 0 Å². The first-order valence-electron chi connectivity index (χ1n) is 6.13. The van der Waals surface area contributed by atoms with Gasteiger partial charge in [-0.05, 0) is 18.2 Å². The number of benzene rings is 2. The number of halogens is 2. The monoisotopic (exact) mass is 321 g/mol. The molecule has 0 N–H and O–H groups in total. The van der Waals surface area contributed by atoms with E-state index in [1.807, 2.05) is 6.07 Å². The van der Waals surface area contributed by atoms with E-state index in [2.05, 4.69) is 0 Å². The molecule has 1 aliphatic rings. The third-order valence-corrected chi connectivity index (χ3v) is 3.75. The second-order valence-electron chi connectivity index (χ2n) is 4.53. The van der Waals surface area contributed by atoms with Crippen LogP contribution in [0.5, 0.6) is 5.75 Å². The molecule has 2 aromatic rings. The van der Waals surface area contributed by atoms with Gasteiger partial charge in [-0.25, -0.2) is 0 Å². The number of hydrogen-bond donors (Lipinski definition) is 0. The molecule has 1 aliphatic heterocycles. The van der Waals surface area contributed by atoms with Gasteiger partial charge in [0, 0.05) is 27.2 Å². The SMILES string of the molecule is O=[N+]([O-])C1=Cc2ccccc2O[C@@H]1c1ccc(Cl)cc1Cl. The Kier molecular flexibility index (Phi) is 3.57. The van der Waals surface area contributed by atoms with Gasteiger partial charge < -0.3 is 4.74 Å². The molecule has 0 bridgehead atoms. The van der Waals surface area contributed by atoms with Crippen molar-refractivity contribution >= 4 is 29.3 Å². The summed E-state index contributed by atoms with van der Waals surface area (Å²) in [7, 11) is 0. The third kappa shape index (κ3) is 2.60. The molecular weight excluding hydrogens is 313 g/mol. The van der Waals surface area contributed by atoms with Crippen LogP contribution in [0.25, 0.3) is 6.08 Å². The van der Waals surface area contributed by atoms with Gasteiger partial charge in [0.15, 0.2) is 0 Å². The lowest BCUT2D eigenvalue weighted by molar-refractivity contribution is -0.434. The van der Waals surface area contributed by atoms with Crippen molar-refractivity contribution in [3.05, 3.63) is 79.4 Å². The first-order chi connectivity index (χ1) is 10.1. The average molecular weight is 322 g/mol. The maximum absolute atomic E-state index is 11.3. The van der Waals surface area contributed by atoms with Crippen LogP contribution in [0.2, 0.25) is 10.0 Å². The van der Waals surface area contributed by atoms with Gasteiger partial charge >= 0.3 is 0 Å². The topological polar surface area (TPSA) is 52.4 Å². The van der Waals surface area contributed by atoms with E-state index >= 15 is 0 Å². The van der Waals surface area contributed by atoms with E-state index < -0.39 is 11.0 Å². The van der Waals surface area contributed by atoms with E-state index in [4.69, 9.17) is 27.9 Å². The fourth-order valence-electron chi connectivity index (χ4n) is 2.21. The van der Waals surface area contributed by atoms with Gasteiger partial charge in [0.05, 0.1) is 4.92 Å². The van der Waals surface area contributed by atoms with Gasteiger partial charge in [0.2, 0.25) is 6.10 Å². The Morgan fingerprint density at radius 2 is 1.90 bits per heavy atom. The Morgan fingerprint density at radius 3 is 2.62 bits per heavy atom. The van der Waals surface area contributed by atoms with Crippen LogP contribution in [0.4, 0.5) is 0 Å². The minimum atomic E-state index is -0.861. The highest BCUT2D eigenvalue weighted by molar-refractivity contribution is 6.35. The first-order valence-corrected chi connectivity index (χ1v) is 6.88. The zero-order valence-corrected chi connectivity index (χ0v) is 12.1. The summed E-state index contributed by atoms with van der Waals surface area (Å²) in [5.74, 6) is 0.583. The Morgan fingerprint density at radius 1 is 1.14 bits per heavy atom. The molecule has 4 nitrogen and oxygen atoms in total. The highest BCUT2D eigenvalue weighted by atomic mass is 35.5. The predicted octanol–water partition coefficient (Wildman–Crippen LogP) is 4.74. The van der Waals surface area contributed by atoms with Crippen molar-refractivity contribution in [2.75, 3.05) is 0 Å². The van der Waals surface area contributed by atoms with Gasteiger partial charge in [-0.15, -0.1) is 0 Å². The van der Waals surface area contributed by atoms with E-state index in [0.29, 0.717) is 26.9 Å².